The van der Waals surface area contributed by atoms with Gasteiger partial charge in [0.15, 0.2) is 16.9 Å². The Balaban J connectivity index is 1.73. The molecule has 184 valence electrons. The maximum Gasteiger partial charge on any atom is 0.295 e. The molecule has 1 atom stereocenters. The smallest absolute Gasteiger partial charge is 0.295 e. The predicted octanol–water partition coefficient (Wildman–Crippen LogP) is 5.86. The van der Waals surface area contributed by atoms with Gasteiger partial charge in [0.2, 0.25) is 5.76 Å². The molecule has 0 spiro atoms. The highest BCUT2D eigenvalue weighted by Crippen LogP contribution is 2.43. The third-order valence-corrected chi connectivity index (χ3v) is 6.01. The number of carbonyl (C=O) groups excluding carboxylic acids is 1. The Morgan fingerprint density at radius 2 is 1.67 bits per heavy atom. The van der Waals surface area contributed by atoms with Crippen LogP contribution in [0.15, 0.2) is 69.9 Å². The largest absolute Gasteiger partial charge is 0.493 e. The van der Waals surface area contributed by atoms with Gasteiger partial charge in [0.1, 0.15) is 17.2 Å². The monoisotopic (exact) mass is 491 g/mol. The van der Waals surface area contributed by atoms with Crippen LogP contribution < -0.4 is 19.8 Å². The Labute approximate surface area is 205 Å². The second-order valence-corrected chi connectivity index (χ2v) is 8.98. The third-order valence-electron chi connectivity index (χ3n) is 6.01. The maximum atomic E-state index is 14.0. The van der Waals surface area contributed by atoms with Gasteiger partial charge in [-0.25, -0.2) is 8.78 Å². The lowest BCUT2D eigenvalue weighted by Gasteiger charge is -2.26. The van der Waals surface area contributed by atoms with Crippen LogP contribution in [0.4, 0.5) is 14.5 Å². The van der Waals surface area contributed by atoms with E-state index in [1.165, 1.54) is 42.3 Å². The van der Waals surface area contributed by atoms with Gasteiger partial charge in [-0.1, -0.05) is 19.9 Å². The van der Waals surface area contributed by atoms with Gasteiger partial charge in [-0.2, -0.15) is 0 Å². The van der Waals surface area contributed by atoms with Crippen molar-refractivity contribution >= 4 is 22.6 Å². The van der Waals surface area contributed by atoms with Crippen molar-refractivity contribution in [2.24, 2.45) is 5.92 Å². The molecule has 1 aliphatic rings. The highest BCUT2D eigenvalue weighted by Gasteiger charge is 2.44. The first kappa shape index (κ1) is 23.5. The fraction of sp³-hybridized carbons (Fsp3) is 0.214. The molecule has 8 heteroatoms. The van der Waals surface area contributed by atoms with Crippen molar-refractivity contribution in [2.75, 3.05) is 18.6 Å². The second kappa shape index (κ2) is 9.11. The molecule has 0 fully saturated rings. The number of ether oxygens (including phenoxy) is 2. The molecule has 5 rings (SSSR count). The molecule has 0 bridgehead atoms. The van der Waals surface area contributed by atoms with Crippen molar-refractivity contribution in [2.45, 2.75) is 19.9 Å². The minimum absolute atomic E-state index is 0.0244. The summed E-state index contributed by atoms with van der Waals surface area (Å²) < 4.78 is 44.9. The van der Waals surface area contributed by atoms with Crippen molar-refractivity contribution in [3.05, 3.63) is 99.4 Å². The summed E-state index contributed by atoms with van der Waals surface area (Å²) in [7, 11) is 1.50. The number of anilines is 1. The van der Waals surface area contributed by atoms with Crippen LogP contribution in [0.2, 0.25) is 0 Å². The third kappa shape index (κ3) is 3.98. The van der Waals surface area contributed by atoms with E-state index in [1.54, 1.807) is 18.2 Å². The van der Waals surface area contributed by atoms with Crippen LogP contribution in [0.25, 0.3) is 11.0 Å². The molecule has 1 amide bonds. The van der Waals surface area contributed by atoms with Gasteiger partial charge in [-0.05, 0) is 66.1 Å². The number of nitrogens with zero attached hydrogens (tertiary/aromatic N) is 1. The molecule has 0 N–H and O–H groups in total. The quantitative estimate of drug-likeness (QED) is 0.338. The number of halogens is 2. The van der Waals surface area contributed by atoms with E-state index in [1.807, 2.05) is 13.8 Å². The molecular formula is C28H23F2NO5. The summed E-state index contributed by atoms with van der Waals surface area (Å²) in [6, 6.07) is 13.1. The summed E-state index contributed by atoms with van der Waals surface area (Å²) in [4.78, 5) is 28.6. The lowest BCUT2D eigenvalue weighted by molar-refractivity contribution is 0.0971. The molecule has 0 saturated carbocycles. The topological polar surface area (TPSA) is 69.0 Å². The Morgan fingerprint density at radius 1 is 0.944 bits per heavy atom. The molecule has 1 aromatic heterocycles. The molecule has 36 heavy (non-hydrogen) atoms. The Hall–Kier alpha value is -4.20. The van der Waals surface area contributed by atoms with E-state index in [9.17, 15) is 18.4 Å². The van der Waals surface area contributed by atoms with Gasteiger partial charge < -0.3 is 13.9 Å². The molecule has 1 unspecified atom stereocenters. The fourth-order valence-corrected chi connectivity index (χ4v) is 4.36. The summed E-state index contributed by atoms with van der Waals surface area (Å²) in [5.74, 6) is -0.551. The number of rotatable bonds is 6. The van der Waals surface area contributed by atoms with Gasteiger partial charge in [0.05, 0.1) is 30.7 Å². The van der Waals surface area contributed by atoms with Gasteiger partial charge in [0, 0.05) is 5.69 Å². The second-order valence-electron chi connectivity index (χ2n) is 8.98. The van der Waals surface area contributed by atoms with Gasteiger partial charge >= 0.3 is 0 Å². The minimum Gasteiger partial charge on any atom is -0.493 e. The van der Waals surface area contributed by atoms with Crippen LogP contribution in [0.3, 0.4) is 0 Å². The van der Waals surface area contributed by atoms with Crippen LogP contribution in [-0.2, 0) is 0 Å². The normalized spacial score (nSPS) is 15.0. The van der Waals surface area contributed by atoms with E-state index in [0.717, 1.165) is 12.1 Å². The number of hydrogen-bond donors (Lipinski definition) is 0. The van der Waals surface area contributed by atoms with Gasteiger partial charge in [-0.15, -0.1) is 0 Å². The van der Waals surface area contributed by atoms with Gasteiger partial charge in [0.25, 0.3) is 5.91 Å². The summed E-state index contributed by atoms with van der Waals surface area (Å²) in [5, 5.41) is 0.0244. The number of benzene rings is 3. The van der Waals surface area contributed by atoms with E-state index in [4.69, 9.17) is 13.9 Å². The standard InChI is InChI=1S/C28H23F2NO5/c1-15(2)14-35-22-10-4-16(12-23(22)34-3)25-24-26(32)20-13-18(30)7-11-21(20)36-27(24)28(33)31(25)19-8-5-17(29)6-9-19/h4-13,15,25H,14H2,1-3H3. The number of hydrogen-bond acceptors (Lipinski definition) is 5. The predicted molar refractivity (Wildman–Crippen MR) is 131 cm³/mol. The highest BCUT2D eigenvalue weighted by atomic mass is 19.1. The highest BCUT2D eigenvalue weighted by molar-refractivity contribution is 6.10. The molecular weight excluding hydrogens is 468 g/mol. The molecule has 4 aromatic rings. The Morgan fingerprint density at radius 3 is 2.36 bits per heavy atom. The average Bonchev–Trinajstić information content (AvgIpc) is 3.16. The zero-order valence-electron chi connectivity index (χ0n) is 19.9. The molecule has 3 aromatic carbocycles. The zero-order chi connectivity index (χ0) is 25.6. The van der Waals surface area contributed by atoms with Crippen molar-refractivity contribution in [3.63, 3.8) is 0 Å². The first-order valence-corrected chi connectivity index (χ1v) is 11.4. The first-order valence-electron chi connectivity index (χ1n) is 11.4. The molecule has 6 nitrogen and oxygen atoms in total. The summed E-state index contributed by atoms with van der Waals surface area (Å²) >= 11 is 0. The van der Waals surface area contributed by atoms with Crippen molar-refractivity contribution in [3.8, 4) is 11.5 Å². The van der Waals surface area contributed by atoms with Crippen LogP contribution in [0.1, 0.15) is 41.6 Å². The first-order chi connectivity index (χ1) is 17.3. The summed E-state index contributed by atoms with van der Waals surface area (Å²) in [6.07, 6.45) is 0. The Bertz CT molecular complexity index is 1530. The van der Waals surface area contributed by atoms with Crippen molar-refractivity contribution < 1.29 is 27.5 Å². The number of amides is 1. The lowest BCUT2D eigenvalue weighted by Crippen LogP contribution is -2.29. The molecule has 0 radical (unpaired) electrons. The fourth-order valence-electron chi connectivity index (χ4n) is 4.36. The van der Waals surface area contributed by atoms with Crippen LogP contribution in [0, 0.1) is 17.6 Å². The minimum atomic E-state index is -0.921. The van der Waals surface area contributed by atoms with E-state index in [2.05, 4.69) is 0 Å². The summed E-state index contributed by atoms with van der Waals surface area (Å²) in [5.41, 5.74) is 0.561. The SMILES string of the molecule is COc1cc(C2c3c(oc4ccc(F)cc4c3=O)C(=O)N2c2ccc(F)cc2)ccc1OCC(C)C. The number of carbonyl (C=O) groups is 1. The maximum absolute atomic E-state index is 14.0. The molecule has 0 saturated heterocycles. The van der Waals surface area contributed by atoms with Crippen LogP contribution in [-0.4, -0.2) is 19.6 Å². The molecule has 1 aliphatic heterocycles. The molecule has 2 heterocycles. The van der Waals surface area contributed by atoms with Crippen LogP contribution in [0.5, 0.6) is 11.5 Å². The van der Waals surface area contributed by atoms with Crippen molar-refractivity contribution in [1.29, 1.82) is 0 Å². The Kier molecular flexibility index (Phi) is 5.96. The number of fused-ring (bicyclic) bond motifs is 2. The van der Waals surface area contributed by atoms with E-state index in [-0.39, 0.29) is 22.3 Å². The lowest BCUT2D eigenvalue weighted by atomic mass is 9.97. The van der Waals surface area contributed by atoms with E-state index < -0.39 is 29.0 Å². The van der Waals surface area contributed by atoms with Crippen molar-refractivity contribution in [1.82, 2.24) is 0 Å². The van der Waals surface area contributed by atoms with E-state index in [0.29, 0.717) is 35.3 Å². The zero-order valence-corrected chi connectivity index (χ0v) is 19.9. The average molecular weight is 491 g/mol. The van der Waals surface area contributed by atoms with E-state index >= 15 is 0 Å². The van der Waals surface area contributed by atoms with Crippen LogP contribution >= 0.6 is 0 Å². The summed E-state index contributed by atoms with van der Waals surface area (Å²) in [6.45, 7) is 4.52. The molecule has 0 aliphatic carbocycles. The number of methoxy groups -OCH3 is 1. The van der Waals surface area contributed by atoms with Gasteiger partial charge in [-0.3, -0.25) is 14.5 Å².